The maximum absolute atomic E-state index is 9.55. The van der Waals surface area contributed by atoms with Crippen molar-refractivity contribution in [2.75, 3.05) is 5.32 Å². The Kier molecular flexibility index (Phi) is 2.60. The molecule has 4 nitrogen and oxygen atoms in total. The summed E-state index contributed by atoms with van der Waals surface area (Å²) in [6.45, 7) is 0. The largest absolute Gasteiger partial charge is 0.508 e. The van der Waals surface area contributed by atoms with Gasteiger partial charge in [-0.3, -0.25) is 0 Å². The highest BCUT2D eigenvalue weighted by molar-refractivity contribution is 7.19. The fourth-order valence-corrected chi connectivity index (χ4v) is 3.97. The van der Waals surface area contributed by atoms with Gasteiger partial charge in [-0.1, -0.05) is 6.07 Å². The molecular formula is C15H13N3OS. The lowest BCUT2D eigenvalue weighted by atomic mass is 10.2. The minimum atomic E-state index is 0.246. The molecule has 20 heavy (non-hydrogen) atoms. The minimum Gasteiger partial charge on any atom is -0.508 e. The van der Waals surface area contributed by atoms with Gasteiger partial charge < -0.3 is 10.4 Å². The zero-order valence-corrected chi connectivity index (χ0v) is 11.6. The maximum atomic E-state index is 9.55. The number of hydrogen-bond acceptors (Lipinski definition) is 5. The van der Waals surface area contributed by atoms with Gasteiger partial charge in [0, 0.05) is 16.6 Å². The standard InChI is InChI=1S/C15H13N3OS/c19-10-4-1-3-9(7-10)18-14-13-11-5-2-6-12(11)20-15(13)17-8-16-14/h1,3-4,7-8,19H,2,5-6H2,(H,16,17,18). The lowest BCUT2D eigenvalue weighted by Crippen LogP contribution is -1.95. The SMILES string of the molecule is Oc1cccc(Nc2ncnc3sc4c(c23)CCC4)c1. The van der Waals surface area contributed by atoms with Gasteiger partial charge in [0.25, 0.3) is 0 Å². The van der Waals surface area contributed by atoms with Gasteiger partial charge in [0.2, 0.25) is 0 Å². The first-order valence-corrected chi connectivity index (χ1v) is 7.44. The molecule has 0 amide bonds. The van der Waals surface area contributed by atoms with E-state index in [9.17, 15) is 5.11 Å². The number of phenolic OH excluding ortho intramolecular Hbond substituents is 1. The first-order chi connectivity index (χ1) is 9.81. The average Bonchev–Trinajstić information content (AvgIpc) is 2.99. The summed E-state index contributed by atoms with van der Waals surface area (Å²) in [6.07, 6.45) is 5.08. The number of nitrogens with one attached hydrogen (secondary N) is 1. The van der Waals surface area contributed by atoms with Crippen molar-refractivity contribution in [1.82, 2.24) is 9.97 Å². The molecule has 2 aromatic heterocycles. The van der Waals surface area contributed by atoms with Gasteiger partial charge in [0.05, 0.1) is 5.39 Å². The molecule has 100 valence electrons. The molecule has 0 atom stereocenters. The molecule has 5 heteroatoms. The van der Waals surface area contributed by atoms with E-state index < -0.39 is 0 Å². The van der Waals surface area contributed by atoms with E-state index >= 15 is 0 Å². The summed E-state index contributed by atoms with van der Waals surface area (Å²) < 4.78 is 0. The Bertz CT molecular complexity index is 797. The summed E-state index contributed by atoms with van der Waals surface area (Å²) in [7, 11) is 0. The van der Waals surface area contributed by atoms with Crippen molar-refractivity contribution in [2.24, 2.45) is 0 Å². The molecule has 0 saturated carbocycles. The molecule has 0 unspecified atom stereocenters. The third-order valence-electron chi connectivity index (χ3n) is 3.61. The van der Waals surface area contributed by atoms with Gasteiger partial charge in [0.15, 0.2) is 0 Å². The zero-order valence-electron chi connectivity index (χ0n) is 10.8. The first kappa shape index (κ1) is 11.7. The van der Waals surface area contributed by atoms with Gasteiger partial charge in [-0.25, -0.2) is 9.97 Å². The Labute approximate surface area is 120 Å². The topological polar surface area (TPSA) is 58.0 Å². The van der Waals surface area contributed by atoms with Crippen LogP contribution in [-0.4, -0.2) is 15.1 Å². The summed E-state index contributed by atoms with van der Waals surface area (Å²) in [5, 5.41) is 14.0. The molecule has 2 heterocycles. The zero-order chi connectivity index (χ0) is 13.5. The van der Waals surface area contributed by atoms with Crippen molar-refractivity contribution in [1.29, 1.82) is 0 Å². The Morgan fingerprint density at radius 3 is 3.05 bits per heavy atom. The van der Waals surface area contributed by atoms with E-state index in [1.807, 2.05) is 12.1 Å². The summed E-state index contributed by atoms with van der Waals surface area (Å²) in [5.41, 5.74) is 2.23. The number of thiophene rings is 1. The highest BCUT2D eigenvalue weighted by Gasteiger charge is 2.21. The molecule has 0 aliphatic heterocycles. The van der Waals surface area contributed by atoms with Crippen LogP contribution in [0.1, 0.15) is 16.9 Å². The monoisotopic (exact) mass is 283 g/mol. The Morgan fingerprint density at radius 2 is 2.15 bits per heavy atom. The predicted molar refractivity (Wildman–Crippen MR) is 80.8 cm³/mol. The summed E-state index contributed by atoms with van der Waals surface area (Å²) in [6, 6.07) is 7.08. The molecular weight excluding hydrogens is 270 g/mol. The van der Waals surface area contributed by atoms with Crippen LogP contribution in [0.15, 0.2) is 30.6 Å². The molecule has 0 fully saturated rings. The number of fused-ring (bicyclic) bond motifs is 3. The van der Waals surface area contributed by atoms with E-state index in [4.69, 9.17) is 0 Å². The van der Waals surface area contributed by atoms with E-state index in [-0.39, 0.29) is 5.75 Å². The third-order valence-corrected chi connectivity index (χ3v) is 4.81. The maximum Gasteiger partial charge on any atom is 0.142 e. The molecule has 1 aliphatic carbocycles. The second kappa shape index (κ2) is 4.45. The smallest absolute Gasteiger partial charge is 0.142 e. The number of aromatic nitrogens is 2. The third kappa shape index (κ3) is 1.82. The minimum absolute atomic E-state index is 0.246. The van der Waals surface area contributed by atoms with Crippen molar-refractivity contribution >= 4 is 33.1 Å². The van der Waals surface area contributed by atoms with Gasteiger partial charge in [-0.05, 0) is 37.0 Å². The van der Waals surface area contributed by atoms with Crippen LogP contribution >= 0.6 is 11.3 Å². The van der Waals surface area contributed by atoms with Crippen molar-refractivity contribution in [3.05, 3.63) is 41.0 Å². The van der Waals surface area contributed by atoms with Crippen LogP contribution in [0, 0.1) is 0 Å². The molecule has 0 bridgehead atoms. The Hall–Kier alpha value is -2.14. The van der Waals surface area contributed by atoms with E-state index in [0.29, 0.717) is 0 Å². The van der Waals surface area contributed by atoms with Crippen LogP contribution in [0.4, 0.5) is 11.5 Å². The Morgan fingerprint density at radius 1 is 1.20 bits per heavy atom. The van der Waals surface area contributed by atoms with Gasteiger partial charge >= 0.3 is 0 Å². The summed E-state index contributed by atoms with van der Waals surface area (Å²) >= 11 is 1.77. The number of nitrogens with zero attached hydrogens (tertiary/aromatic N) is 2. The normalized spacial score (nSPS) is 13.6. The molecule has 0 radical (unpaired) electrons. The molecule has 0 saturated heterocycles. The lowest BCUT2D eigenvalue weighted by molar-refractivity contribution is 0.475. The highest BCUT2D eigenvalue weighted by Crippen LogP contribution is 2.39. The van der Waals surface area contributed by atoms with E-state index in [0.717, 1.165) is 34.6 Å². The fourth-order valence-electron chi connectivity index (χ4n) is 2.74. The van der Waals surface area contributed by atoms with Crippen molar-refractivity contribution in [2.45, 2.75) is 19.3 Å². The number of aromatic hydroxyl groups is 1. The quantitative estimate of drug-likeness (QED) is 0.754. The second-order valence-electron chi connectivity index (χ2n) is 4.94. The van der Waals surface area contributed by atoms with Crippen molar-refractivity contribution in [3.8, 4) is 5.75 Å². The van der Waals surface area contributed by atoms with E-state index in [1.54, 1.807) is 29.8 Å². The van der Waals surface area contributed by atoms with E-state index in [1.165, 1.54) is 16.9 Å². The molecule has 3 aromatic rings. The van der Waals surface area contributed by atoms with Gasteiger partial charge in [-0.2, -0.15) is 0 Å². The lowest BCUT2D eigenvalue weighted by Gasteiger charge is -2.07. The molecule has 1 aromatic carbocycles. The van der Waals surface area contributed by atoms with Crippen LogP contribution < -0.4 is 5.32 Å². The number of rotatable bonds is 2. The molecule has 0 spiro atoms. The highest BCUT2D eigenvalue weighted by atomic mass is 32.1. The van der Waals surface area contributed by atoms with Crippen molar-refractivity contribution < 1.29 is 5.11 Å². The predicted octanol–water partition coefficient (Wildman–Crippen LogP) is 3.63. The molecule has 1 aliphatic rings. The first-order valence-electron chi connectivity index (χ1n) is 6.62. The number of aryl methyl sites for hydroxylation is 2. The van der Waals surface area contributed by atoms with Gasteiger partial charge in [-0.15, -0.1) is 11.3 Å². The van der Waals surface area contributed by atoms with Crippen LogP contribution in [0.3, 0.4) is 0 Å². The number of hydrogen-bond donors (Lipinski definition) is 2. The molecule has 4 rings (SSSR count). The summed E-state index contributed by atoms with van der Waals surface area (Å²) in [4.78, 5) is 11.3. The second-order valence-corrected chi connectivity index (χ2v) is 6.02. The number of anilines is 2. The van der Waals surface area contributed by atoms with Crippen LogP contribution in [0.5, 0.6) is 5.75 Å². The van der Waals surface area contributed by atoms with Crippen LogP contribution in [0.25, 0.3) is 10.2 Å². The van der Waals surface area contributed by atoms with E-state index in [2.05, 4.69) is 15.3 Å². The Balaban J connectivity index is 1.83. The number of phenols is 1. The fraction of sp³-hybridized carbons (Fsp3) is 0.200. The van der Waals surface area contributed by atoms with Crippen LogP contribution in [0.2, 0.25) is 0 Å². The van der Waals surface area contributed by atoms with Crippen molar-refractivity contribution in [3.63, 3.8) is 0 Å². The van der Waals surface area contributed by atoms with Crippen LogP contribution in [-0.2, 0) is 12.8 Å². The average molecular weight is 283 g/mol. The summed E-state index contributed by atoms with van der Waals surface area (Å²) in [5.74, 6) is 1.08. The number of benzene rings is 1. The van der Waals surface area contributed by atoms with Gasteiger partial charge in [0.1, 0.15) is 22.7 Å². The molecule has 2 N–H and O–H groups in total.